The molecule has 2 N–H and O–H groups in total. The lowest BCUT2D eigenvalue weighted by molar-refractivity contribution is 0.175. The van der Waals surface area contributed by atoms with Crippen molar-refractivity contribution in [3.05, 3.63) is 6.33 Å². The number of unbranched alkanes of at least 4 members (excludes halogenated alkanes) is 1. The molecule has 0 fully saturated rings. The van der Waals surface area contributed by atoms with Gasteiger partial charge in [-0.25, -0.2) is 10.2 Å². The smallest absolute Gasteiger partial charge is 0.138 e. The predicted octanol–water partition coefficient (Wildman–Crippen LogP) is -1.28. The fourth-order valence-electron chi connectivity index (χ4n) is 1.17. The van der Waals surface area contributed by atoms with E-state index in [-0.39, 0.29) is 0 Å². The van der Waals surface area contributed by atoms with Gasteiger partial charge >= 0.3 is 0 Å². The van der Waals surface area contributed by atoms with Crippen LogP contribution in [0.4, 0.5) is 0 Å². The molecule has 0 bridgehead atoms. The standard InChI is InChI=1S/C6H12N8/c1(3-13-6-8-10-12-13)2-4-14-9-5-7-11-14/h5-6,11H,1-4H2,(H,7,9). The Morgan fingerprint density at radius 1 is 1.21 bits per heavy atom. The molecule has 0 saturated carbocycles. The van der Waals surface area contributed by atoms with Gasteiger partial charge in [0.15, 0.2) is 0 Å². The average Bonchev–Trinajstić information content (AvgIpc) is 2.86. The summed E-state index contributed by atoms with van der Waals surface area (Å²) in [5, 5.41) is 16.5. The molecule has 0 amide bonds. The molecule has 8 nitrogen and oxygen atoms in total. The van der Waals surface area contributed by atoms with E-state index in [1.54, 1.807) is 17.3 Å². The molecule has 0 aromatic carbocycles. The van der Waals surface area contributed by atoms with Crippen molar-refractivity contribution in [2.75, 3.05) is 6.54 Å². The summed E-state index contributed by atoms with van der Waals surface area (Å²) in [6.45, 7) is 1.74. The normalized spacial score (nSPS) is 15.4. The molecule has 76 valence electrons. The van der Waals surface area contributed by atoms with E-state index in [9.17, 15) is 0 Å². The summed E-state index contributed by atoms with van der Waals surface area (Å²) in [5.74, 6) is 0. The summed E-state index contributed by atoms with van der Waals surface area (Å²) in [6.07, 6.45) is 5.31. The van der Waals surface area contributed by atoms with Crippen molar-refractivity contribution < 1.29 is 0 Å². The number of rotatable bonds is 5. The third kappa shape index (κ3) is 2.39. The van der Waals surface area contributed by atoms with Gasteiger partial charge in [-0.2, -0.15) is 5.10 Å². The number of hydrogen-bond acceptors (Lipinski definition) is 7. The summed E-state index contributed by atoms with van der Waals surface area (Å²) < 4.78 is 1.72. The lowest BCUT2D eigenvalue weighted by Gasteiger charge is -2.13. The first-order valence-electron chi connectivity index (χ1n) is 4.47. The summed E-state index contributed by atoms with van der Waals surface area (Å²) in [6, 6.07) is 0. The van der Waals surface area contributed by atoms with Crippen LogP contribution in [0, 0.1) is 0 Å². The van der Waals surface area contributed by atoms with Crippen LogP contribution < -0.4 is 11.0 Å². The molecular weight excluding hydrogens is 184 g/mol. The zero-order valence-corrected chi connectivity index (χ0v) is 7.67. The lowest BCUT2D eigenvalue weighted by atomic mass is 10.3. The van der Waals surface area contributed by atoms with Crippen LogP contribution in [0.1, 0.15) is 12.8 Å². The third-order valence-electron chi connectivity index (χ3n) is 1.87. The Hall–Kier alpha value is -1.70. The number of nitrogens with zero attached hydrogens (tertiary/aromatic N) is 6. The monoisotopic (exact) mass is 196 g/mol. The van der Waals surface area contributed by atoms with Gasteiger partial charge in [-0.15, -0.1) is 10.2 Å². The SMILES string of the molecule is C1=NNN(CCCCn2cnnn2)N1. The number of hydrogen-bond donors (Lipinski definition) is 2. The molecule has 1 aliphatic rings. The molecule has 1 aromatic heterocycles. The lowest BCUT2D eigenvalue weighted by Crippen LogP contribution is -2.39. The molecule has 2 rings (SSSR count). The van der Waals surface area contributed by atoms with Crippen LogP contribution >= 0.6 is 0 Å². The van der Waals surface area contributed by atoms with E-state index in [2.05, 4.69) is 31.6 Å². The van der Waals surface area contributed by atoms with Crippen molar-refractivity contribution in [2.45, 2.75) is 19.4 Å². The molecule has 14 heavy (non-hydrogen) atoms. The molecular formula is C6H12N8. The fraction of sp³-hybridized carbons (Fsp3) is 0.667. The maximum atomic E-state index is 3.80. The van der Waals surface area contributed by atoms with Crippen molar-refractivity contribution in [2.24, 2.45) is 5.10 Å². The van der Waals surface area contributed by atoms with Crippen LogP contribution in [0.5, 0.6) is 0 Å². The first-order valence-corrected chi connectivity index (χ1v) is 4.47. The van der Waals surface area contributed by atoms with Crippen molar-refractivity contribution in [3.8, 4) is 0 Å². The van der Waals surface area contributed by atoms with Gasteiger partial charge in [0.1, 0.15) is 12.7 Å². The summed E-state index contributed by atoms with van der Waals surface area (Å²) in [7, 11) is 0. The Labute approximate surface area is 80.9 Å². The van der Waals surface area contributed by atoms with E-state index in [0.717, 1.165) is 25.9 Å². The zero-order valence-electron chi connectivity index (χ0n) is 7.67. The minimum atomic E-state index is 0.849. The average molecular weight is 196 g/mol. The second-order valence-corrected chi connectivity index (χ2v) is 2.92. The maximum Gasteiger partial charge on any atom is 0.138 e. The van der Waals surface area contributed by atoms with Crippen molar-refractivity contribution in [3.63, 3.8) is 0 Å². The van der Waals surface area contributed by atoms with E-state index < -0.39 is 0 Å². The number of nitrogens with one attached hydrogen (secondary N) is 2. The van der Waals surface area contributed by atoms with Crippen molar-refractivity contribution in [1.82, 2.24) is 36.3 Å². The van der Waals surface area contributed by atoms with Gasteiger partial charge in [0.05, 0.1) is 0 Å². The van der Waals surface area contributed by atoms with Gasteiger partial charge in [-0.1, -0.05) is 0 Å². The van der Waals surface area contributed by atoms with E-state index in [4.69, 9.17) is 0 Å². The van der Waals surface area contributed by atoms with E-state index >= 15 is 0 Å². The highest BCUT2D eigenvalue weighted by Gasteiger charge is 2.03. The predicted molar refractivity (Wildman–Crippen MR) is 48.5 cm³/mol. The van der Waals surface area contributed by atoms with Crippen LogP contribution in [0.25, 0.3) is 0 Å². The molecule has 1 aliphatic heterocycles. The Morgan fingerprint density at radius 3 is 2.86 bits per heavy atom. The molecule has 0 spiro atoms. The molecule has 0 aliphatic carbocycles. The fourth-order valence-corrected chi connectivity index (χ4v) is 1.17. The van der Waals surface area contributed by atoms with Crippen LogP contribution in [0.3, 0.4) is 0 Å². The van der Waals surface area contributed by atoms with Gasteiger partial charge in [-0.3, -0.25) is 5.43 Å². The van der Waals surface area contributed by atoms with Crippen LogP contribution in [0.15, 0.2) is 11.4 Å². The summed E-state index contributed by atoms with van der Waals surface area (Å²) in [5.41, 5.74) is 5.73. The second kappa shape index (κ2) is 4.51. The van der Waals surface area contributed by atoms with Gasteiger partial charge in [0, 0.05) is 13.1 Å². The van der Waals surface area contributed by atoms with E-state index in [1.165, 1.54) is 0 Å². The highest BCUT2D eigenvalue weighted by atomic mass is 15.8. The molecule has 0 atom stereocenters. The van der Waals surface area contributed by atoms with Crippen molar-refractivity contribution in [1.29, 1.82) is 0 Å². The maximum absolute atomic E-state index is 3.80. The number of aryl methyl sites for hydroxylation is 1. The van der Waals surface area contributed by atoms with Crippen LogP contribution in [-0.4, -0.2) is 38.2 Å². The van der Waals surface area contributed by atoms with Gasteiger partial charge < -0.3 is 0 Å². The molecule has 0 radical (unpaired) electrons. The number of hydrazine groups is 2. The summed E-state index contributed by atoms with van der Waals surface area (Å²) in [4.78, 5) is 0. The molecule has 0 saturated heterocycles. The number of hydrazone groups is 1. The highest BCUT2D eigenvalue weighted by Crippen LogP contribution is 1.94. The first-order chi connectivity index (χ1) is 6.95. The van der Waals surface area contributed by atoms with Gasteiger partial charge in [-0.05, 0) is 23.3 Å². The molecule has 2 heterocycles. The molecule has 8 heteroatoms. The Kier molecular flexibility index (Phi) is 2.86. The zero-order chi connectivity index (χ0) is 9.64. The molecule has 0 unspecified atom stereocenters. The Morgan fingerprint density at radius 2 is 2.14 bits per heavy atom. The largest absolute Gasteiger partial charge is 0.289 e. The van der Waals surface area contributed by atoms with Gasteiger partial charge in [0.2, 0.25) is 0 Å². The second-order valence-electron chi connectivity index (χ2n) is 2.92. The first kappa shape index (κ1) is 8.88. The summed E-state index contributed by atoms with van der Waals surface area (Å²) >= 11 is 0. The van der Waals surface area contributed by atoms with Crippen LogP contribution in [0.2, 0.25) is 0 Å². The van der Waals surface area contributed by atoms with Crippen molar-refractivity contribution >= 4 is 6.34 Å². The van der Waals surface area contributed by atoms with E-state index in [0.29, 0.717) is 0 Å². The Balaban J connectivity index is 1.55. The Bertz CT molecular complexity index is 272. The quantitative estimate of drug-likeness (QED) is 0.571. The highest BCUT2D eigenvalue weighted by molar-refractivity contribution is 5.54. The number of tetrazole rings is 1. The number of aromatic nitrogens is 4. The minimum absolute atomic E-state index is 0.849. The molecule has 1 aromatic rings. The topological polar surface area (TPSA) is 83.3 Å². The van der Waals surface area contributed by atoms with Crippen LogP contribution in [-0.2, 0) is 6.54 Å². The minimum Gasteiger partial charge on any atom is -0.289 e. The third-order valence-corrected chi connectivity index (χ3v) is 1.87. The van der Waals surface area contributed by atoms with E-state index in [1.807, 2.05) is 5.12 Å². The van der Waals surface area contributed by atoms with Gasteiger partial charge in [0.25, 0.3) is 0 Å².